The molecule has 1 unspecified atom stereocenters. The number of ketones is 1. The van der Waals surface area contributed by atoms with E-state index in [2.05, 4.69) is 29.3 Å². The Bertz CT molecular complexity index is 664. The fourth-order valence-electron chi connectivity index (χ4n) is 4.49. The van der Waals surface area contributed by atoms with E-state index in [4.69, 9.17) is 4.52 Å². The molecule has 150 valence electrons. The van der Waals surface area contributed by atoms with E-state index in [1.165, 1.54) is 32.1 Å². The average molecular weight is 377 g/mol. The zero-order valence-corrected chi connectivity index (χ0v) is 16.8. The summed E-state index contributed by atoms with van der Waals surface area (Å²) >= 11 is 0. The Morgan fingerprint density at radius 2 is 1.93 bits per heavy atom. The Hall–Kier alpha value is -1.76. The third-order valence-corrected chi connectivity index (χ3v) is 5.87. The summed E-state index contributed by atoms with van der Waals surface area (Å²) in [5.74, 6) is 0.934. The fraction of sp³-hybridized carbons (Fsp3) is 0.800. The summed E-state index contributed by atoms with van der Waals surface area (Å²) in [6.07, 6.45) is 9.17. The number of nitrogens with one attached hydrogen (secondary N) is 1. The Morgan fingerprint density at radius 3 is 2.59 bits per heavy atom. The lowest BCUT2D eigenvalue weighted by Gasteiger charge is -2.33. The molecule has 0 bridgehead atoms. The predicted molar refractivity (Wildman–Crippen MR) is 101 cm³/mol. The van der Waals surface area contributed by atoms with Crippen LogP contribution in [0.25, 0.3) is 0 Å². The summed E-state index contributed by atoms with van der Waals surface area (Å²) in [6, 6.07) is -0.474. The standard InChI is InChI=1S/C20H32N4O3/c1-14-22-19(23-27-14)18(26)16-10-7-11-24(16)17(25)13-21-20(2,3)12-15-8-5-4-6-9-15/h15-16,21H,4-13H2,1-3H3. The molecule has 7 heteroatoms. The number of hydrogen-bond donors (Lipinski definition) is 1. The molecule has 2 aliphatic rings. The van der Waals surface area contributed by atoms with Crippen molar-refractivity contribution in [3.05, 3.63) is 11.7 Å². The zero-order valence-electron chi connectivity index (χ0n) is 16.8. The van der Waals surface area contributed by atoms with Gasteiger partial charge in [-0.25, -0.2) is 0 Å². The van der Waals surface area contributed by atoms with Crippen molar-refractivity contribution in [2.45, 2.75) is 83.7 Å². The van der Waals surface area contributed by atoms with E-state index in [1.54, 1.807) is 11.8 Å². The van der Waals surface area contributed by atoms with E-state index in [-0.39, 0.29) is 29.6 Å². The Kier molecular flexibility index (Phi) is 6.29. The molecule has 1 N–H and O–H groups in total. The van der Waals surface area contributed by atoms with Gasteiger partial charge in [0.05, 0.1) is 12.6 Å². The molecule has 7 nitrogen and oxygen atoms in total. The number of aromatic nitrogens is 2. The average Bonchev–Trinajstić information content (AvgIpc) is 3.29. The van der Waals surface area contributed by atoms with E-state index in [0.717, 1.165) is 18.8 Å². The molecule has 3 rings (SSSR count). The van der Waals surface area contributed by atoms with Gasteiger partial charge in [-0.05, 0) is 39.0 Å². The minimum Gasteiger partial charge on any atom is -0.339 e. The van der Waals surface area contributed by atoms with Gasteiger partial charge in [0, 0.05) is 19.0 Å². The Balaban J connectivity index is 1.53. The third kappa shape index (κ3) is 5.15. The lowest BCUT2D eigenvalue weighted by Crippen LogP contribution is -2.50. The molecule has 0 spiro atoms. The second-order valence-corrected chi connectivity index (χ2v) is 8.69. The van der Waals surface area contributed by atoms with Crippen LogP contribution in [0.5, 0.6) is 0 Å². The minimum atomic E-state index is -0.474. The van der Waals surface area contributed by atoms with Crippen molar-refractivity contribution in [3.63, 3.8) is 0 Å². The molecule has 1 aromatic rings. The van der Waals surface area contributed by atoms with Crippen molar-refractivity contribution in [1.29, 1.82) is 0 Å². The van der Waals surface area contributed by atoms with Crippen LogP contribution in [0.1, 0.15) is 81.7 Å². The quantitative estimate of drug-likeness (QED) is 0.736. The first-order chi connectivity index (χ1) is 12.9. The number of Topliss-reactive ketones (excluding diaryl/α,β-unsaturated/α-hetero) is 1. The van der Waals surface area contributed by atoms with Gasteiger partial charge in [0.25, 0.3) is 0 Å². The van der Waals surface area contributed by atoms with E-state index in [1.807, 2.05) is 0 Å². The summed E-state index contributed by atoms with van der Waals surface area (Å²) in [5.41, 5.74) is -0.0817. The monoisotopic (exact) mass is 376 g/mol. The number of aryl methyl sites for hydroxylation is 1. The maximum atomic E-state index is 12.8. The van der Waals surface area contributed by atoms with Gasteiger partial charge in [-0.1, -0.05) is 37.3 Å². The molecular weight excluding hydrogens is 344 g/mol. The van der Waals surface area contributed by atoms with Crippen LogP contribution in [0.3, 0.4) is 0 Å². The lowest BCUT2D eigenvalue weighted by molar-refractivity contribution is -0.130. The van der Waals surface area contributed by atoms with Gasteiger partial charge in [0.1, 0.15) is 0 Å². The van der Waals surface area contributed by atoms with Crippen LogP contribution in [0.15, 0.2) is 4.52 Å². The molecule has 0 aromatic carbocycles. The SMILES string of the molecule is Cc1nc(C(=O)C2CCCN2C(=O)CNC(C)(C)CC2CCCCC2)no1. The van der Waals surface area contributed by atoms with Crippen LogP contribution >= 0.6 is 0 Å². The summed E-state index contributed by atoms with van der Waals surface area (Å²) < 4.78 is 4.91. The zero-order chi connectivity index (χ0) is 19.4. The maximum Gasteiger partial charge on any atom is 0.240 e. The van der Waals surface area contributed by atoms with Crippen molar-refractivity contribution in [1.82, 2.24) is 20.4 Å². The summed E-state index contributed by atoms with van der Waals surface area (Å²) in [5, 5.41) is 7.15. The first kappa shape index (κ1) is 20.0. The van der Waals surface area contributed by atoms with E-state index >= 15 is 0 Å². The summed E-state index contributed by atoms with van der Waals surface area (Å²) in [6.45, 7) is 6.86. The molecule has 1 saturated heterocycles. The van der Waals surface area contributed by atoms with Gasteiger partial charge in [0.15, 0.2) is 0 Å². The normalized spacial score (nSPS) is 21.6. The van der Waals surface area contributed by atoms with Crippen molar-refractivity contribution in [3.8, 4) is 0 Å². The fourth-order valence-corrected chi connectivity index (χ4v) is 4.49. The topological polar surface area (TPSA) is 88.3 Å². The van der Waals surface area contributed by atoms with Crippen molar-refractivity contribution >= 4 is 11.7 Å². The van der Waals surface area contributed by atoms with Gasteiger partial charge in [0.2, 0.25) is 23.4 Å². The predicted octanol–water partition coefficient (Wildman–Crippen LogP) is 2.89. The Morgan fingerprint density at radius 1 is 1.19 bits per heavy atom. The van der Waals surface area contributed by atoms with Gasteiger partial charge in [-0.3, -0.25) is 9.59 Å². The van der Waals surface area contributed by atoms with Crippen LogP contribution in [0, 0.1) is 12.8 Å². The molecule has 1 aromatic heterocycles. The first-order valence-corrected chi connectivity index (χ1v) is 10.2. The van der Waals surface area contributed by atoms with Crippen LogP contribution < -0.4 is 5.32 Å². The van der Waals surface area contributed by atoms with E-state index < -0.39 is 6.04 Å². The molecule has 27 heavy (non-hydrogen) atoms. The third-order valence-electron chi connectivity index (χ3n) is 5.87. The maximum absolute atomic E-state index is 12.8. The van der Waals surface area contributed by atoms with Gasteiger partial charge in [-0.15, -0.1) is 0 Å². The van der Waals surface area contributed by atoms with Gasteiger partial charge in [-0.2, -0.15) is 4.98 Å². The van der Waals surface area contributed by atoms with Crippen LogP contribution in [-0.2, 0) is 4.79 Å². The highest BCUT2D eigenvalue weighted by Gasteiger charge is 2.37. The highest BCUT2D eigenvalue weighted by atomic mass is 16.5. The summed E-state index contributed by atoms with van der Waals surface area (Å²) in [4.78, 5) is 31.1. The number of amides is 1. The minimum absolute atomic E-state index is 0.0252. The highest BCUT2D eigenvalue weighted by Crippen LogP contribution is 2.30. The summed E-state index contributed by atoms with van der Waals surface area (Å²) in [7, 11) is 0. The Labute approximate surface area is 161 Å². The van der Waals surface area contributed by atoms with E-state index in [9.17, 15) is 9.59 Å². The smallest absolute Gasteiger partial charge is 0.240 e. The molecule has 1 atom stereocenters. The van der Waals surface area contributed by atoms with Gasteiger partial charge >= 0.3 is 0 Å². The molecule has 1 amide bonds. The van der Waals surface area contributed by atoms with Gasteiger partial charge < -0.3 is 14.7 Å². The largest absolute Gasteiger partial charge is 0.339 e. The second kappa shape index (κ2) is 8.50. The molecule has 2 fully saturated rings. The molecule has 1 aliphatic heterocycles. The van der Waals surface area contributed by atoms with E-state index in [0.29, 0.717) is 18.9 Å². The number of likely N-dealkylation sites (tertiary alicyclic amines) is 1. The highest BCUT2D eigenvalue weighted by molar-refractivity contribution is 5.99. The molecule has 1 saturated carbocycles. The number of nitrogens with zero attached hydrogens (tertiary/aromatic N) is 3. The number of carbonyl (C=O) groups excluding carboxylic acids is 2. The second-order valence-electron chi connectivity index (χ2n) is 8.69. The molecule has 2 heterocycles. The van der Waals surface area contributed by atoms with Crippen LogP contribution in [0.2, 0.25) is 0 Å². The molecule has 0 radical (unpaired) electrons. The first-order valence-electron chi connectivity index (χ1n) is 10.2. The van der Waals surface area contributed by atoms with Crippen molar-refractivity contribution in [2.24, 2.45) is 5.92 Å². The lowest BCUT2D eigenvalue weighted by atomic mass is 9.81. The molecule has 1 aliphatic carbocycles. The van der Waals surface area contributed by atoms with Crippen LogP contribution in [0.4, 0.5) is 0 Å². The number of hydrogen-bond acceptors (Lipinski definition) is 6. The van der Waals surface area contributed by atoms with Crippen LogP contribution in [-0.4, -0.2) is 51.4 Å². The molecular formula is C20H32N4O3. The van der Waals surface area contributed by atoms with Crippen molar-refractivity contribution < 1.29 is 14.1 Å². The number of carbonyl (C=O) groups is 2. The van der Waals surface area contributed by atoms with Crippen molar-refractivity contribution in [2.75, 3.05) is 13.1 Å². The number of rotatable bonds is 7.